The first kappa shape index (κ1) is 25.3. The standard InChI is InChI=1S/C21H30BF3N4O4/c1-12(2)9-17(22(32)33)28-19(30)15(10-13-3-4-13)27-20(31)16-7-8-29(16)18-6-5-14(11-26-18)21(23,24)25/h5-6,11-13,15-17,32-33H,3-4,7-10H2,1-2H3,(H,27,31)(H,28,30)/t15-,16-,17+/m0/s1. The van der Waals surface area contributed by atoms with Gasteiger partial charge in [-0.05, 0) is 43.2 Å². The largest absolute Gasteiger partial charge is 0.475 e. The molecule has 33 heavy (non-hydrogen) atoms. The fourth-order valence-electron chi connectivity index (χ4n) is 3.89. The van der Waals surface area contributed by atoms with E-state index in [-0.39, 0.29) is 11.7 Å². The van der Waals surface area contributed by atoms with Crippen molar-refractivity contribution in [3.63, 3.8) is 0 Å². The van der Waals surface area contributed by atoms with Gasteiger partial charge in [-0.15, -0.1) is 0 Å². The molecular formula is C21H30BF3N4O4. The summed E-state index contributed by atoms with van der Waals surface area (Å²) in [5.41, 5.74) is -0.865. The molecular weight excluding hydrogens is 440 g/mol. The Labute approximate surface area is 191 Å². The maximum Gasteiger partial charge on any atom is 0.475 e. The molecule has 2 fully saturated rings. The summed E-state index contributed by atoms with van der Waals surface area (Å²) in [6.45, 7) is 4.25. The van der Waals surface area contributed by atoms with Gasteiger partial charge in [-0.25, -0.2) is 4.98 Å². The number of hydrogen-bond donors (Lipinski definition) is 4. The number of carbonyl (C=O) groups excluding carboxylic acids is 2. The zero-order valence-electron chi connectivity index (χ0n) is 18.7. The first-order chi connectivity index (χ1) is 15.5. The summed E-state index contributed by atoms with van der Waals surface area (Å²) in [5, 5.41) is 24.6. The summed E-state index contributed by atoms with van der Waals surface area (Å²) in [7, 11) is -1.72. The molecule has 1 aliphatic heterocycles. The zero-order valence-corrected chi connectivity index (χ0v) is 18.7. The maximum atomic E-state index is 12.9. The van der Waals surface area contributed by atoms with Crippen molar-refractivity contribution in [3.05, 3.63) is 23.9 Å². The number of amides is 2. The Bertz CT molecular complexity index is 834. The van der Waals surface area contributed by atoms with Gasteiger partial charge in [0.05, 0.1) is 11.5 Å². The summed E-state index contributed by atoms with van der Waals surface area (Å²) in [5.74, 6) is -1.04. The average molecular weight is 470 g/mol. The van der Waals surface area contributed by atoms with Gasteiger partial charge < -0.3 is 25.6 Å². The molecule has 12 heteroatoms. The number of nitrogens with one attached hydrogen (secondary N) is 2. The highest BCUT2D eigenvalue weighted by molar-refractivity contribution is 6.43. The van der Waals surface area contributed by atoms with Gasteiger partial charge in [0.25, 0.3) is 0 Å². The van der Waals surface area contributed by atoms with E-state index in [9.17, 15) is 32.8 Å². The van der Waals surface area contributed by atoms with Gasteiger partial charge in [0.1, 0.15) is 17.9 Å². The summed E-state index contributed by atoms with van der Waals surface area (Å²) >= 11 is 0. The van der Waals surface area contributed by atoms with Gasteiger partial charge in [0.15, 0.2) is 0 Å². The average Bonchev–Trinajstić information content (AvgIpc) is 3.49. The molecule has 0 spiro atoms. The summed E-state index contributed by atoms with van der Waals surface area (Å²) in [6.07, 6.45) is -0.539. The van der Waals surface area contributed by atoms with Crippen LogP contribution in [0.2, 0.25) is 0 Å². The minimum Gasteiger partial charge on any atom is -0.426 e. The second kappa shape index (κ2) is 10.3. The van der Waals surface area contributed by atoms with Crippen LogP contribution in [0.4, 0.5) is 19.0 Å². The van der Waals surface area contributed by atoms with Gasteiger partial charge in [0, 0.05) is 12.7 Å². The third-order valence-corrected chi connectivity index (χ3v) is 6.00. The first-order valence-electron chi connectivity index (χ1n) is 11.2. The Balaban J connectivity index is 1.64. The van der Waals surface area contributed by atoms with Crippen LogP contribution in [0.5, 0.6) is 0 Å². The van der Waals surface area contributed by atoms with Crippen LogP contribution < -0.4 is 15.5 Å². The second-order valence-corrected chi connectivity index (χ2v) is 9.30. The Kier molecular flexibility index (Phi) is 7.89. The lowest BCUT2D eigenvalue weighted by atomic mass is 9.75. The molecule has 4 N–H and O–H groups in total. The van der Waals surface area contributed by atoms with Gasteiger partial charge in [0.2, 0.25) is 11.8 Å². The lowest BCUT2D eigenvalue weighted by Gasteiger charge is -2.41. The van der Waals surface area contributed by atoms with Gasteiger partial charge in [-0.1, -0.05) is 26.7 Å². The quantitative estimate of drug-likeness (QED) is 0.386. The molecule has 2 heterocycles. The van der Waals surface area contributed by atoms with Crippen molar-refractivity contribution in [2.24, 2.45) is 11.8 Å². The number of nitrogens with zero attached hydrogens (tertiary/aromatic N) is 2. The number of hydrogen-bond acceptors (Lipinski definition) is 6. The van der Waals surface area contributed by atoms with Crippen molar-refractivity contribution in [1.29, 1.82) is 0 Å². The molecule has 8 nitrogen and oxygen atoms in total. The molecule has 2 amide bonds. The van der Waals surface area contributed by atoms with Crippen LogP contribution >= 0.6 is 0 Å². The van der Waals surface area contributed by atoms with Crippen molar-refractivity contribution in [1.82, 2.24) is 15.6 Å². The molecule has 0 radical (unpaired) electrons. The minimum absolute atomic E-state index is 0.119. The van der Waals surface area contributed by atoms with Crippen molar-refractivity contribution >= 4 is 24.8 Å². The molecule has 1 aromatic rings. The van der Waals surface area contributed by atoms with Gasteiger partial charge >= 0.3 is 13.3 Å². The zero-order chi connectivity index (χ0) is 24.3. The van der Waals surface area contributed by atoms with E-state index in [0.29, 0.717) is 31.7 Å². The van der Waals surface area contributed by atoms with Crippen LogP contribution in [0.1, 0.15) is 51.5 Å². The highest BCUT2D eigenvalue weighted by Gasteiger charge is 2.39. The Morgan fingerprint density at radius 1 is 1.21 bits per heavy atom. The highest BCUT2D eigenvalue weighted by atomic mass is 19.4. The van der Waals surface area contributed by atoms with Crippen molar-refractivity contribution in [3.8, 4) is 0 Å². The number of carbonyl (C=O) groups is 2. The number of pyridine rings is 1. The van der Waals surface area contributed by atoms with Crippen LogP contribution in [0.25, 0.3) is 0 Å². The second-order valence-electron chi connectivity index (χ2n) is 9.30. The predicted molar refractivity (Wildman–Crippen MR) is 116 cm³/mol. The van der Waals surface area contributed by atoms with Crippen LogP contribution in [0.3, 0.4) is 0 Å². The Morgan fingerprint density at radius 3 is 2.36 bits per heavy atom. The molecule has 1 saturated heterocycles. The molecule has 1 saturated carbocycles. The summed E-state index contributed by atoms with van der Waals surface area (Å²) in [6, 6.07) is 0.684. The molecule has 2 aliphatic rings. The smallest absolute Gasteiger partial charge is 0.426 e. The van der Waals surface area contributed by atoms with Crippen LogP contribution in [-0.4, -0.2) is 58.5 Å². The Hall–Kier alpha value is -2.34. The van der Waals surface area contributed by atoms with Crippen molar-refractivity contribution in [2.45, 2.75) is 70.2 Å². The van der Waals surface area contributed by atoms with E-state index in [2.05, 4.69) is 15.6 Å². The van der Waals surface area contributed by atoms with Crippen molar-refractivity contribution in [2.75, 3.05) is 11.4 Å². The summed E-state index contributed by atoms with van der Waals surface area (Å²) in [4.78, 5) is 31.2. The maximum absolute atomic E-state index is 12.9. The molecule has 3 atom stereocenters. The van der Waals surface area contributed by atoms with E-state index < -0.39 is 48.7 Å². The monoisotopic (exact) mass is 470 g/mol. The third kappa shape index (κ3) is 6.83. The molecule has 0 bridgehead atoms. The molecule has 0 unspecified atom stereocenters. The number of anilines is 1. The van der Waals surface area contributed by atoms with E-state index in [0.717, 1.165) is 25.1 Å². The highest BCUT2D eigenvalue weighted by Crippen LogP contribution is 2.34. The van der Waals surface area contributed by atoms with Crippen LogP contribution in [0.15, 0.2) is 18.3 Å². The molecule has 3 rings (SSSR count). The SMILES string of the molecule is CC(C)C[C@@H](NC(=O)[C@H](CC1CC1)NC(=O)[C@@H]1CCN1c1ccc(C(F)(F)F)cn1)B(O)O. The van der Waals surface area contributed by atoms with E-state index in [1.165, 1.54) is 6.07 Å². The number of rotatable bonds is 10. The minimum atomic E-state index is -4.49. The molecule has 0 aromatic carbocycles. The van der Waals surface area contributed by atoms with Crippen LogP contribution in [0, 0.1) is 11.8 Å². The molecule has 1 aromatic heterocycles. The van der Waals surface area contributed by atoms with Gasteiger partial charge in [-0.3, -0.25) is 9.59 Å². The van der Waals surface area contributed by atoms with Crippen LogP contribution in [-0.2, 0) is 15.8 Å². The normalized spacial score (nSPS) is 20.1. The Morgan fingerprint density at radius 2 is 1.91 bits per heavy atom. The fourth-order valence-corrected chi connectivity index (χ4v) is 3.89. The molecule has 1 aliphatic carbocycles. The fraction of sp³-hybridized carbons (Fsp3) is 0.667. The topological polar surface area (TPSA) is 115 Å². The van der Waals surface area contributed by atoms with E-state index >= 15 is 0 Å². The lowest BCUT2D eigenvalue weighted by molar-refractivity contribution is -0.137. The van der Waals surface area contributed by atoms with E-state index in [1.54, 1.807) is 4.90 Å². The number of alkyl halides is 3. The third-order valence-electron chi connectivity index (χ3n) is 6.00. The molecule has 182 valence electrons. The first-order valence-corrected chi connectivity index (χ1v) is 11.2. The number of aromatic nitrogens is 1. The number of halogens is 3. The van der Waals surface area contributed by atoms with E-state index in [1.807, 2.05) is 13.8 Å². The van der Waals surface area contributed by atoms with Gasteiger partial charge in [-0.2, -0.15) is 13.2 Å². The summed E-state index contributed by atoms with van der Waals surface area (Å²) < 4.78 is 38.3. The van der Waals surface area contributed by atoms with E-state index in [4.69, 9.17) is 0 Å². The lowest BCUT2D eigenvalue weighted by Crippen LogP contribution is -2.61. The van der Waals surface area contributed by atoms with Crippen molar-refractivity contribution < 1.29 is 32.8 Å². The predicted octanol–water partition coefficient (Wildman–Crippen LogP) is 1.51.